The SMILES string of the molecule is C=C[C@@](C)(O)[C@H](SC)N1C(=O)OC(c2ccccc2)(c2ccccc2)[C@@H]1C(C)C. The predicted octanol–water partition coefficient (Wildman–Crippen LogP) is 5.03. The number of cyclic esters (lactones) is 1. The molecular weight excluding hydrogens is 382 g/mol. The van der Waals surface area contributed by atoms with Crippen LogP contribution < -0.4 is 0 Å². The molecule has 1 fully saturated rings. The third-order valence-corrected chi connectivity index (χ3v) is 6.75. The molecule has 29 heavy (non-hydrogen) atoms. The number of carbonyl (C=O) groups excluding carboxylic acids is 1. The zero-order valence-corrected chi connectivity index (χ0v) is 18.2. The molecule has 2 aromatic rings. The van der Waals surface area contributed by atoms with Crippen molar-refractivity contribution in [2.24, 2.45) is 5.92 Å². The Morgan fingerprint density at radius 2 is 1.62 bits per heavy atom. The molecule has 0 spiro atoms. The number of amides is 1. The van der Waals surface area contributed by atoms with Gasteiger partial charge in [-0.3, -0.25) is 4.90 Å². The molecule has 3 atom stereocenters. The molecule has 1 N–H and O–H groups in total. The van der Waals surface area contributed by atoms with Gasteiger partial charge in [-0.05, 0) is 19.1 Å². The minimum Gasteiger partial charge on any atom is -0.431 e. The maximum absolute atomic E-state index is 13.4. The van der Waals surface area contributed by atoms with Crippen LogP contribution >= 0.6 is 11.8 Å². The van der Waals surface area contributed by atoms with E-state index in [1.54, 1.807) is 11.8 Å². The minimum atomic E-state index is -1.27. The molecule has 1 aliphatic rings. The van der Waals surface area contributed by atoms with Gasteiger partial charge in [0.1, 0.15) is 11.0 Å². The second kappa shape index (κ2) is 8.25. The molecule has 1 aliphatic heterocycles. The van der Waals surface area contributed by atoms with E-state index in [-0.39, 0.29) is 12.0 Å². The molecule has 0 bridgehead atoms. The number of carbonyl (C=O) groups is 1. The number of hydrogen-bond acceptors (Lipinski definition) is 4. The molecule has 3 rings (SSSR count). The highest BCUT2D eigenvalue weighted by molar-refractivity contribution is 7.99. The van der Waals surface area contributed by atoms with Crippen molar-refractivity contribution in [2.75, 3.05) is 6.26 Å². The van der Waals surface area contributed by atoms with E-state index in [1.807, 2.05) is 66.9 Å². The van der Waals surface area contributed by atoms with Crippen molar-refractivity contribution in [3.63, 3.8) is 0 Å². The average molecular weight is 412 g/mol. The van der Waals surface area contributed by atoms with Gasteiger partial charge in [-0.2, -0.15) is 0 Å². The summed E-state index contributed by atoms with van der Waals surface area (Å²) in [6, 6.07) is 19.4. The fraction of sp³-hybridized carbons (Fsp3) is 0.375. The quantitative estimate of drug-likeness (QED) is 0.649. The Hall–Kier alpha value is -2.24. The molecule has 0 unspecified atom stereocenters. The van der Waals surface area contributed by atoms with Crippen molar-refractivity contribution in [1.29, 1.82) is 0 Å². The first-order valence-electron chi connectivity index (χ1n) is 9.80. The summed E-state index contributed by atoms with van der Waals surface area (Å²) >= 11 is 1.42. The van der Waals surface area contributed by atoms with Crippen molar-refractivity contribution in [3.8, 4) is 0 Å². The van der Waals surface area contributed by atoms with E-state index < -0.39 is 22.7 Å². The number of thioether (sulfide) groups is 1. The van der Waals surface area contributed by atoms with E-state index in [9.17, 15) is 9.90 Å². The molecule has 1 saturated heterocycles. The standard InChI is InChI=1S/C24H29NO3S/c1-6-23(4,27)21(29-5)25-20(17(2)3)24(28-22(25)26,18-13-9-7-10-14-18)19-15-11-8-12-16-19/h6-17,20-21,27H,1H2,2-5H3/t20-,21-,23+/m0/s1. The minimum absolute atomic E-state index is 0.0668. The number of benzene rings is 2. The summed E-state index contributed by atoms with van der Waals surface area (Å²) in [4.78, 5) is 15.1. The van der Waals surface area contributed by atoms with Gasteiger partial charge < -0.3 is 9.84 Å². The highest BCUT2D eigenvalue weighted by Crippen LogP contribution is 2.49. The van der Waals surface area contributed by atoms with E-state index in [1.165, 1.54) is 17.8 Å². The van der Waals surface area contributed by atoms with Crippen LogP contribution in [0.5, 0.6) is 0 Å². The Morgan fingerprint density at radius 1 is 1.14 bits per heavy atom. The van der Waals surface area contributed by atoms with Crippen molar-refractivity contribution in [3.05, 3.63) is 84.4 Å². The van der Waals surface area contributed by atoms with Crippen molar-refractivity contribution in [1.82, 2.24) is 4.90 Å². The van der Waals surface area contributed by atoms with Gasteiger partial charge in [-0.1, -0.05) is 80.6 Å². The number of ether oxygens (including phenoxy) is 1. The summed E-state index contributed by atoms with van der Waals surface area (Å²) in [6.07, 6.45) is 2.94. The van der Waals surface area contributed by atoms with Gasteiger partial charge >= 0.3 is 6.09 Å². The van der Waals surface area contributed by atoms with Crippen LogP contribution in [0.3, 0.4) is 0 Å². The zero-order chi connectivity index (χ0) is 21.2. The van der Waals surface area contributed by atoms with Crippen LogP contribution in [0.25, 0.3) is 0 Å². The molecule has 0 aromatic heterocycles. The third-order valence-electron chi connectivity index (χ3n) is 5.60. The number of hydrogen-bond donors (Lipinski definition) is 1. The van der Waals surface area contributed by atoms with Gasteiger partial charge in [0.25, 0.3) is 0 Å². The van der Waals surface area contributed by atoms with Crippen LogP contribution in [0.2, 0.25) is 0 Å². The smallest absolute Gasteiger partial charge is 0.412 e. The summed E-state index contributed by atoms with van der Waals surface area (Å²) in [7, 11) is 0. The fourth-order valence-electron chi connectivity index (χ4n) is 4.32. The molecule has 154 valence electrons. The van der Waals surface area contributed by atoms with Crippen LogP contribution in [-0.2, 0) is 10.3 Å². The highest BCUT2D eigenvalue weighted by Gasteiger charge is 2.60. The molecule has 0 saturated carbocycles. The number of rotatable bonds is 7. The molecule has 0 aliphatic carbocycles. The lowest BCUT2D eigenvalue weighted by atomic mass is 9.75. The lowest BCUT2D eigenvalue weighted by Gasteiger charge is -2.43. The number of aliphatic hydroxyl groups is 1. The van der Waals surface area contributed by atoms with Crippen molar-refractivity contribution in [2.45, 2.75) is 43.4 Å². The molecule has 4 nitrogen and oxygen atoms in total. The van der Waals surface area contributed by atoms with Crippen molar-refractivity contribution < 1.29 is 14.6 Å². The van der Waals surface area contributed by atoms with Crippen LogP contribution in [0.4, 0.5) is 4.79 Å². The van der Waals surface area contributed by atoms with E-state index in [4.69, 9.17) is 4.74 Å². The molecule has 1 heterocycles. The molecule has 0 radical (unpaired) electrons. The van der Waals surface area contributed by atoms with Gasteiger partial charge in [0.15, 0.2) is 5.60 Å². The first kappa shape index (κ1) is 21.5. The lowest BCUT2D eigenvalue weighted by Crippen LogP contribution is -2.56. The van der Waals surface area contributed by atoms with Crippen LogP contribution in [0, 0.1) is 5.92 Å². The second-order valence-electron chi connectivity index (χ2n) is 7.95. The van der Waals surface area contributed by atoms with Crippen LogP contribution in [0.1, 0.15) is 31.9 Å². The third kappa shape index (κ3) is 3.58. The van der Waals surface area contributed by atoms with E-state index in [0.717, 1.165) is 11.1 Å². The summed E-state index contributed by atoms with van der Waals surface area (Å²) < 4.78 is 6.26. The van der Waals surface area contributed by atoms with Gasteiger partial charge in [-0.15, -0.1) is 18.3 Å². The Balaban J connectivity index is 2.27. The zero-order valence-electron chi connectivity index (χ0n) is 17.4. The monoisotopic (exact) mass is 411 g/mol. The summed E-state index contributed by atoms with van der Waals surface area (Å²) in [6.45, 7) is 9.62. The van der Waals surface area contributed by atoms with Gasteiger partial charge in [-0.25, -0.2) is 4.79 Å². The van der Waals surface area contributed by atoms with Crippen molar-refractivity contribution >= 4 is 17.9 Å². The first-order valence-corrected chi connectivity index (χ1v) is 11.1. The Bertz CT molecular complexity index is 811. The maximum atomic E-state index is 13.4. The van der Waals surface area contributed by atoms with E-state index in [0.29, 0.717) is 0 Å². The van der Waals surface area contributed by atoms with Gasteiger partial charge in [0.2, 0.25) is 0 Å². The first-order chi connectivity index (χ1) is 13.8. The largest absolute Gasteiger partial charge is 0.431 e. The van der Waals surface area contributed by atoms with Crippen LogP contribution in [-0.4, -0.2) is 39.4 Å². The maximum Gasteiger partial charge on any atom is 0.412 e. The van der Waals surface area contributed by atoms with Gasteiger partial charge in [0, 0.05) is 11.1 Å². The number of nitrogens with zero attached hydrogens (tertiary/aromatic N) is 1. The molecule has 1 amide bonds. The molecule has 5 heteroatoms. The lowest BCUT2D eigenvalue weighted by molar-refractivity contribution is 0.0305. The summed E-state index contributed by atoms with van der Waals surface area (Å²) in [5.74, 6) is 0.0668. The predicted molar refractivity (Wildman–Crippen MR) is 119 cm³/mol. The average Bonchev–Trinajstić information content (AvgIpc) is 3.04. The van der Waals surface area contributed by atoms with E-state index in [2.05, 4.69) is 20.4 Å². The summed E-state index contributed by atoms with van der Waals surface area (Å²) in [5, 5.41) is 10.5. The van der Waals surface area contributed by atoms with Crippen LogP contribution in [0.15, 0.2) is 73.3 Å². The molecule has 2 aromatic carbocycles. The normalized spacial score (nSPS) is 21.5. The Labute approximate surface area is 177 Å². The van der Waals surface area contributed by atoms with Gasteiger partial charge in [0.05, 0.1) is 6.04 Å². The summed E-state index contributed by atoms with van der Waals surface area (Å²) in [5.41, 5.74) is -0.411. The topological polar surface area (TPSA) is 49.8 Å². The fourth-order valence-corrected chi connectivity index (χ4v) is 5.34. The second-order valence-corrected chi connectivity index (χ2v) is 8.87. The molecular formula is C24H29NO3S. The highest BCUT2D eigenvalue weighted by atomic mass is 32.2. The van der Waals surface area contributed by atoms with E-state index >= 15 is 0 Å². The Kier molecular flexibility index (Phi) is 6.11. The Morgan fingerprint density at radius 3 is 2.00 bits per heavy atom.